The predicted octanol–water partition coefficient (Wildman–Crippen LogP) is 3.64. The number of rotatable bonds is 5. The van der Waals surface area contributed by atoms with Gasteiger partial charge < -0.3 is 4.98 Å². The molecule has 1 aromatic rings. The van der Waals surface area contributed by atoms with Crippen LogP contribution in [0.2, 0.25) is 0 Å². The Morgan fingerprint density at radius 1 is 1.33 bits per heavy atom. The Balaban J connectivity index is 2.61. The average molecular weight is 286 g/mol. The lowest BCUT2D eigenvalue weighted by Crippen LogP contribution is -2.25. The third kappa shape index (κ3) is 3.15. The van der Waals surface area contributed by atoms with Crippen molar-refractivity contribution in [3.8, 4) is 0 Å². The molecule has 0 atom stereocenters. The van der Waals surface area contributed by atoms with Gasteiger partial charge >= 0.3 is 5.69 Å². The van der Waals surface area contributed by atoms with E-state index in [2.05, 4.69) is 11.6 Å². The molecule has 1 heterocycles. The summed E-state index contributed by atoms with van der Waals surface area (Å²) in [6, 6.07) is 0.171. The maximum atomic E-state index is 12.3. The Morgan fingerprint density at radius 2 is 2.05 bits per heavy atom. The molecular weight excluding hydrogens is 264 g/mol. The molecule has 1 N–H and O–H groups in total. The van der Waals surface area contributed by atoms with Gasteiger partial charge in [0.05, 0.1) is 5.69 Å². The molecule has 1 fully saturated rings. The van der Waals surface area contributed by atoms with E-state index >= 15 is 0 Å². The van der Waals surface area contributed by atoms with Gasteiger partial charge in [0.2, 0.25) is 0 Å². The van der Waals surface area contributed by atoms with Crippen LogP contribution in [0.25, 0.3) is 5.57 Å². The van der Waals surface area contributed by atoms with Crippen LogP contribution < -0.4 is 5.69 Å². The standard InChI is InChI=1S/C17H22N2O2/c1-3-8-13(9-4-2)16-15(12-20)18-17(21)19(16)14-10-6-5-7-11-14/h3-4,8-9,12,14H,1,5-7,10-11H2,2H3,(H,18,21)/b9-4-,13-8+. The molecule has 0 aliphatic heterocycles. The summed E-state index contributed by atoms with van der Waals surface area (Å²) in [6.45, 7) is 5.63. The molecule has 1 aliphatic carbocycles. The number of hydrogen-bond acceptors (Lipinski definition) is 2. The third-order valence-electron chi connectivity index (χ3n) is 3.93. The number of nitrogens with one attached hydrogen (secondary N) is 1. The second-order valence-electron chi connectivity index (χ2n) is 5.33. The van der Waals surface area contributed by atoms with E-state index in [1.165, 1.54) is 6.42 Å². The van der Waals surface area contributed by atoms with Gasteiger partial charge in [0.15, 0.2) is 6.29 Å². The van der Waals surface area contributed by atoms with Crippen molar-refractivity contribution in [1.29, 1.82) is 0 Å². The largest absolute Gasteiger partial charge is 0.326 e. The highest BCUT2D eigenvalue weighted by atomic mass is 16.1. The van der Waals surface area contributed by atoms with Gasteiger partial charge in [-0.05, 0) is 19.8 Å². The summed E-state index contributed by atoms with van der Waals surface area (Å²) < 4.78 is 1.76. The van der Waals surface area contributed by atoms with Crippen LogP contribution in [0.4, 0.5) is 0 Å². The smallest absolute Gasteiger partial charge is 0.303 e. The molecule has 0 saturated heterocycles. The number of aromatic amines is 1. The van der Waals surface area contributed by atoms with E-state index in [9.17, 15) is 9.59 Å². The van der Waals surface area contributed by atoms with Gasteiger partial charge in [-0.15, -0.1) is 0 Å². The fourth-order valence-electron chi connectivity index (χ4n) is 3.05. The van der Waals surface area contributed by atoms with Gasteiger partial charge in [-0.3, -0.25) is 9.36 Å². The molecule has 2 rings (SSSR count). The van der Waals surface area contributed by atoms with Crippen molar-refractivity contribution in [3.63, 3.8) is 0 Å². The molecule has 4 heteroatoms. The van der Waals surface area contributed by atoms with Crippen molar-refractivity contribution in [2.75, 3.05) is 0 Å². The molecule has 1 aromatic heterocycles. The Labute approximate surface area is 124 Å². The van der Waals surface area contributed by atoms with Gasteiger partial charge in [0.1, 0.15) is 5.69 Å². The summed E-state index contributed by atoms with van der Waals surface area (Å²) in [5.74, 6) is 0. The summed E-state index contributed by atoms with van der Waals surface area (Å²) in [4.78, 5) is 26.3. The molecule has 1 aliphatic rings. The fraction of sp³-hybridized carbons (Fsp3) is 0.412. The third-order valence-corrected chi connectivity index (χ3v) is 3.93. The topological polar surface area (TPSA) is 54.9 Å². The molecule has 0 radical (unpaired) electrons. The first-order valence-electron chi connectivity index (χ1n) is 7.48. The monoisotopic (exact) mass is 286 g/mol. The van der Waals surface area contributed by atoms with Crippen LogP contribution in [0.1, 0.15) is 61.3 Å². The molecule has 21 heavy (non-hydrogen) atoms. The number of imidazole rings is 1. The van der Waals surface area contributed by atoms with Gasteiger partial charge in [-0.25, -0.2) is 4.79 Å². The van der Waals surface area contributed by atoms with E-state index in [0.29, 0.717) is 11.4 Å². The fourth-order valence-corrected chi connectivity index (χ4v) is 3.05. The summed E-state index contributed by atoms with van der Waals surface area (Å²) in [7, 11) is 0. The van der Waals surface area contributed by atoms with Gasteiger partial charge in [0.25, 0.3) is 0 Å². The van der Waals surface area contributed by atoms with E-state index in [0.717, 1.165) is 37.5 Å². The maximum Gasteiger partial charge on any atom is 0.326 e. The van der Waals surface area contributed by atoms with Crippen molar-refractivity contribution in [2.24, 2.45) is 0 Å². The van der Waals surface area contributed by atoms with Crippen molar-refractivity contribution >= 4 is 11.9 Å². The zero-order chi connectivity index (χ0) is 15.2. The molecule has 4 nitrogen and oxygen atoms in total. The lowest BCUT2D eigenvalue weighted by molar-refractivity contribution is 0.111. The minimum Gasteiger partial charge on any atom is -0.303 e. The highest BCUT2D eigenvalue weighted by Crippen LogP contribution is 2.31. The molecule has 0 spiro atoms. The minimum atomic E-state index is -0.196. The van der Waals surface area contributed by atoms with Gasteiger partial charge in [-0.1, -0.05) is 50.1 Å². The number of carbonyl (C=O) groups is 1. The van der Waals surface area contributed by atoms with E-state index in [4.69, 9.17) is 0 Å². The Hall–Kier alpha value is -2.10. The van der Waals surface area contributed by atoms with Crippen LogP contribution in [0.15, 0.2) is 35.7 Å². The van der Waals surface area contributed by atoms with Crippen molar-refractivity contribution in [1.82, 2.24) is 9.55 Å². The number of hydrogen-bond donors (Lipinski definition) is 1. The Morgan fingerprint density at radius 3 is 2.62 bits per heavy atom. The van der Waals surface area contributed by atoms with Crippen LogP contribution in [0.5, 0.6) is 0 Å². The molecule has 0 bridgehead atoms. The summed E-state index contributed by atoms with van der Waals surface area (Å²) in [5, 5.41) is 0. The molecule has 0 aromatic carbocycles. The number of H-pyrrole nitrogens is 1. The number of allylic oxidation sites excluding steroid dienone is 5. The normalized spacial score (nSPS) is 17.3. The minimum absolute atomic E-state index is 0.171. The van der Waals surface area contributed by atoms with E-state index in [1.54, 1.807) is 10.6 Å². The first-order valence-corrected chi connectivity index (χ1v) is 7.48. The van der Waals surface area contributed by atoms with Gasteiger partial charge in [-0.2, -0.15) is 0 Å². The zero-order valence-electron chi connectivity index (χ0n) is 12.5. The van der Waals surface area contributed by atoms with Crippen LogP contribution in [-0.4, -0.2) is 15.8 Å². The van der Waals surface area contributed by atoms with Crippen molar-refractivity contribution in [2.45, 2.75) is 45.1 Å². The second kappa shape index (κ2) is 7.07. The quantitative estimate of drug-likeness (QED) is 0.663. The maximum absolute atomic E-state index is 12.3. The van der Waals surface area contributed by atoms with E-state index in [1.807, 2.05) is 25.2 Å². The van der Waals surface area contributed by atoms with Crippen LogP contribution in [-0.2, 0) is 0 Å². The van der Waals surface area contributed by atoms with Crippen LogP contribution >= 0.6 is 0 Å². The summed E-state index contributed by atoms with van der Waals surface area (Å²) >= 11 is 0. The highest BCUT2D eigenvalue weighted by molar-refractivity contribution is 5.85. The van der Waals surface area contributed by atoms with Crippen molar-refractivity contribution < 1.29 is 4.79 Å². The highest BCUT2D eigenvalue weighted by Gasteiger charge is 2.24. The summed E-state index contributed by atoms with van der Waals surface area (Å²) in [6.07, 6.45) is 13.5. The Bertz CT molecular complexity index is 626. The first-order chi connectivity index (χ1) is 10.2. The van der Waals surface area contributed by atoms with Gasteiger partial charge in [0, 0.05) is 11.6 Å². The molecule has 0 amide bonds. The predicted molar refractivity (Wildman–Crippen MR) is 85.6 cm³/mol. The lowest BCUT2D eigenvalue weighted by atomic mass is 9.94. The van der Waals surface area contributed by atoms with Crippen molar-refractivity contribution in [3.05, 3.63) is 52.8 Å². The number of aromatic nitrogens is 2. The zero-order valence-corrected chi connectivity index (χ0v) is 12.5. The van der Waals surface area contributed by atoms with E-state index < -0.39 is 0 Å². The SMILES string of the molecule is C=C/C=C(\C=C/C)c1c(C=O)[nH]c(=O)n1C1CCCCC1. The number of carbonyl (C=O) groups excluding carboxylic acids is 1. The van der Waals surface area contributed by atoms with Crippen LogP contribution in [0, 0.1) is 0 Å². The number of nitrogens with zero attached hydrogens (tertiary/aromatic N) is 1. The Kier molecular flexibility index (Phi) is 5.14. The van der Waals surface area contributed by atoms with E-state index in [-0.39, 0.29) is 11.7 Å². The molecular formula is C17H22N2O2. The average Bonchev–Trinajstić information content (AvgIpc) is 2.84. The second-order valence-corrected chi connectivity index (χ2v) is 5.33. The lowest BCUT2D eigenvalue weighted by Gasteiger charge is -2.24. The summed E-state index contributed by atoms with van der Waals surface area (Å²) in [5.41, 5.74) is 1.66. The number of aldehydes is 1. The molecule has 0 unspecified atom stereocenters. The molecule has 112 valence electrons. The first kappa shape index (κ1) is 15.3. The van der Waals surface area contributed by atoms with Crippen LogP contribution in [0.3, 0.4) is 0 Å². The molecule has 1 saturated carbocycles.